The minimum Gasteiger partial charge on any atom is -0.338 e. The van der Waals surface area contributed by atoms with Crippen LogP contribution in [-0.2, 0) is 16.3 Å². The van der Waals surface area contributed by atoms with Crippen molar-refractivity contribution in [3.63, 3.8) is 0 Å². The van der Waals surface area contributed by atoms with Gasteiger partial charge in [-0.3, -0.25) is 0 Å². The molecule has 11 heavy (non-hydrogen) atoms. The van der Waals surface area contributed by atoms with Crippen molar-refractivity contribution in [3.8, 4) is 0 Å². The molecule has 0 aliphatic carbocycles. The minimum absolute atomic E-state index is 0.00309. The molecule has 5 heteroatoms. The van der Waals surface area contributed by atoms with Gasteiger partial charge in [0, 0.05) is 0 Å². The number of hydrogen-bond acceptors (Lipinski definition) is 2. The Kier molecular flexibility index (Phi) is 5.23. The first-order valence-electron chi connectivity index (χ1n) is 3.55. The predicted molar refractivity (Wildman–Crippen MR) is 55.5 cm³/mol. The number of hydrogen-bond donors (Lipinski definition) is 2. The molecule has 0 aromatic carbocycles. The second-order valence-corrected chi connectivity index (χ2v) is 8.15. The molecule has 0 rings (SSSR count). The van der Waals surface area contributed by atoms with E-state index in [0.29, 0.717) is 5.92 Å². The van der Waals surface area contributed by atoms with Crippen LogP contribution in [0.15, 0.2) is 0 Å². The van der Waals surface area contributed by atoms with Crippen LogP contribution in [0.1, 0.15) is 27.2 Å². The SMILES string of the molecule is CC(C)CC(C)OP(O)(=S)S. The van der Waals surface area contributed by atoms with Crippen LogP contribution in [0, 0.1) is 5.92 Å². The molecule has 68 valence electrons. The van der Waals surface area contributed by atoms with Gasteiger partial charge in [0.1, 0.15) is 0 Å². The van der Waals surface area contributed by atoms with Crippen LogP contribution < -0.4 is 0 Å². The Labute approximate surface area is 78.7 Å². The molecule has 2 atom stereocenters. The lowest BCUT2D eigenvalue weighted by atomic mass is 10.1. The van der Waals surface area contributed by atoms with Gasteiger partial charge in [-0.25, -0.2) is 0 Å². The van der Waals surface area contributed by atoms with Crippen LogP contribution >= 0.6 is 17.9 Å². The van der Waals surface area contributed by atoms with Gasteiger partial charge in [-0.2, -0.15) is 0 Å². The molecular formula is C6H15O2PS2. The lowest BCUT2D eigenvalue weighted by Gasteiger charge is -2.17. The Balaban J connectivity index is 3.70. The Morgan fingerprint density at radius 3 is 2.27 bits per heavy atom. The molecule has 0 aromatic heterocycles. The van der Waals surface area contributed by atoms with E-state index >= 15 is 0 Å². The van der Waals surface area contributed by atoms with Gasteiger partial charge in [-0.1, -0.05) is 26.1 Å². The standard InChI is InChI=1S/C6H15O2PS2/c1-5(2)4-6(3)8-9(7,10)11/h5-6H,4H2,1-3H3,(H2,7,10,11). The van der Waals surface area contributed by atoms with Gasteiger partial charge < -0.3 is 9.42 Å². The molecule has 0 spiro atoms. The lowest BCUT2D eigenvalue weighted by molar-refractivity contribution is 0.200. The average Bonchev–Trinajstić information content (AvgIpc) is 1.53. The fourth-order valence-corrected chi connectivity index (χ4v) is 2.42. The maximum absolute atomic E-state index is 9.07. The quantitative estimate of drug-likeness (QED) is 0.557. The largest absolute Gasteiger partial charge is 0.338 e. The highest BCUT2D eigenvalue weighted by Crippen LogP contribution is 2.48. The highest BCUT2D eigenvalue weighted by molar-refractivity contribution is 8.59. The van der Waals surface area contributed by atoms with Crippen molar-refractivity contribution in [2.24, 2.45) is 5.92 Å². The topological polar surface area (TPSA) is 29.5 Å². The predicted octanol–water partition coefficient (Wildman–Crippen LogP) is 2.58. The van der Waals surface area contributed by atoms with Crippen molar-refractivity contribution in [1.29, 1.82) is 0 Å². The molecule has 1 N–H and O–H groups in total. The Bertz CT molecular complexity index is 155. The maximum Gasteiger partial charge on any atom is 0.241 e. The fraction of sp³-hybridized carbons (Fsp3) is 1.00. The molecule has 0 aliphatic rings. The average molecular weight is 214 g/mol. The molecule has 0 saturated carbocycles. The summed E-state index contributed by atoms with van der Waals surface area (Å²) < 4.78 is 5.09. The van der Waals surface area contributed by atoms with Gasteiger partial charge in [0.05, 0.1) is 6.10 Å². The first-order valence-corrected chi connectivity index (χ1v) is 7.38. The van der Waals surface area contributed by atoms with E-state index in [1.807, 2.05) is 6.92 Å². The fourth-order valence-electron chi connectivity index (χ4n) is 0.941. The van der Waals surface area contributed by atoms with Gasteiger partial charge in [0.15, 0.2) is 0 Å². The second kappa shape index (κ2) is 4.83. The monoisotopic (exact) mass is 214 g/mol. The van der Waals surface area contributed by atoms with Crippen LogP contribution in [0.2, 0.25) is 0 Å². The zero-order valence-electron chi connectivity index (χ0n) is 7.02. The maximum atomic E-state index is 9.07. The highest BCUT2D eigenvalue weighted by atomic mass is 32.9. The molecular weight excluding hydrogens is 199 g/mol. The molecule has 0 radical (unpaired) electrons. The van der Waals surface area contributed by atoms with Gasteiger partial charge in [-0.05, 0) is 31.1 Å². The molecule has 0 aromatic rings. The zero-order valence-corrected chi connectivity index (χ0v) is 9.63. The Morgan fingerprint density at radius 1 is 1.55 bits per heavy atom. The molecule has 0 heterocycles. The van der Waals surface area contributed by atoms with E-state index in [9.17, 15) is 0 Å². The van der Waals surface area contributed by atoms with Gasteiger partial charge >= 0.3 is 0 Å². The van der Waals surface area contributed by atoms with Gasteiger partial charge in [-0.15, -0.1) is 0 Å². The zero-order chi connectivity index (χ0) is 9.07. The Morgan fingerprint density at radius 2 is 2.00 bits per heavy atom. The van der Waals surface area contributed by atoms with Crippen molar-refractivity contribution in [3.05, 3.63) is 0 Å². The molecule has 0 bridgehead atoms. The van der Waals surface area contributed by atoms with E-state index in [4.69, 9.17) is 9.42 Å². The summed E-state index contributed by atoms with van der Waals surface area (Å²) >= 11 is 8.40. The molecule has 0 fully saturated rings. The first-order chi connectivity index (χ1) is 4.81. The highest BCUT2D eigenvalue weighted by Gasteiger charge is 2.13. The van der Waals surface area contributed by atoms with E-state index in [-0.39, 0.29) is 6.10 Å². The summed E-state index contributed by atoms with van der Waals surface area (Å²) in [5.74, 6) is 0.555. The summed E-state index contributed by atoms with van der Waals surface area (Å²) in [6.07, 6.45) is 0.905. The second-order valence-electron chi connectivity index (χ2n) is 3.04. The normalized spacial score (nSPS) is 19.8. The third kappa shape index (κ3) is 8.83. The van der Waals surface area contributed by atoms with E-state index in [2.05, 4.69) is 37.9 Å². The van der Waals surface area contributed by atoms with Crippen molar-refractivity contribution in [1.82, 2.24) is 0 Å². The van der Waals surface area contributed by atoms with Crippen molar-refractivity contribution in [2.45, 2.75) is 33.3 Å². The van der Waals surface area contributed by atoms with Crippen molar-refractivity contribution in [2.75, 3.05) is 0 Å². The first kappa shape index (κ1) is 11.9. The third-order valence-corrected chi connectivity index (χ3v) is 2.30. The third-order valence-electron chi connectivity index (χ3n) is 1.12. The van der Waals surface area contributed by atoms with Crippen LogP contribution in [0.4, 0.5) is 0 Å². The van der Waals surface area contributed by atoms with E-state index in [0.717, 1.165) is 6.42 Å². The molecule has 0 aliphatic heterocycles. The van der Waals surface area contributed by atoms with E-state index < -0.39 is 5.69 Å². The summed E-state index contributed by atoms with van der Waals surface area (Å²) in [6, 6.07) is 0. The van der Waals surface area contributed by atoms with Crippen LogP contribution in [0.25, 0.3) is 0 Å². The number of thiol groups is 1. The molecule has 0 amide bonds. The van der Waals surface area contributed by atoms with Crippen LogP contribution in [0.5, 0.6) is 0 Å². The summed E-state index contributed by atoms with van der Waals surface area (Å²) in [5, 5.41) is 0. The van der Waals surface area contributed by atoms with Crippen molar-refractivity contribution < 1.29 is 9.42 Å². The van der Waals surface area contributed by atoms with Crippen molar-refractivity contribution >= 4 is 29.7 Å². The van der Waals surface area contributed by atoms with Gasteiger partial charge in [0.25, 0.3) is 0 Å². The minimum atomic E-state index is -2.75. The van der Waals surface area contributed by atoms with Crippen LogP contribution in [0.3, 0.4) is 0 Å². The van der Waals surface area contributed by atoms with Crippen LogP contribution in [-0.4, -0.2) is 11.0 Å². The molecule has 2 unspecified atom stereocenters. The van der Waals surface area contributed by atoms with E-state index in [1.54, 1.807) is 0 Å². The lowest BCUT2D eigenvalue weighted by Crippen LogP contribution is -2.08. The summed E-state index contributed by atoms with van der Waals surface area (Å²) in [6.45, 7) is 6.09. The Hall–Kier alpha value is 0.920. The molecule has 2 nitrogen and oxygen atoms in total. The van der Waals surface area contributed by atoms with E-state index in [1.165, 1.54) is 0 Å². The summed E-state index contributed by atoms with van der Waals surface area (Å²) in [4.78, 5) is 9.07. The molecule has 0 saturated heterocycles. The smallest absolute Gasteiger partial charge is 0.241 e. The van der Waals surface area contributed by atoms with Gasteiger partial charge in [0.2, 0.25) is 5.69 Å². The number of rotatable bonds is 4. The summed E-state index contributed by atoms with van der Waals surface area (Å²) in [7, 11) is 0. The summed E-state index contributed by atoms with van der Waals surface area (Å²) in [5.41, 5.74) is -2.75.